The predicted octanol–water partition coefficient (Wildman–Crippen LogP) is 4.72. The van der Waals surface area contributed by atoms with Crippen molar-refractivity contribution < 1.29 is 9.59 Å². The zero-order valence-corrected chi connectivity index (χ0v) is 17.0. The standard InChI is InChI=1S/C26H24N2O2/c1-2-17-11-13-19(14-12-17)27-25(29)23-21-9-5-6-10-22(21)26(30)28-16-15-18-7-3-4-8-20(18)24(23)28/h3-14,23-24H,2,15-16H2,1H3,(H,27,29)/t23-,24+/m0/s1. The van der Waals surface area contributed by atoms with Gasteiger partial charge in [-0.15, -0.1) is 0 Å². The Balaban J connectivity index is 1.59. The molecule has 0 bridgehead atoms. The van der Waals surface area contributed by atoms with Gasteiger partial charge in [0.05, 0.1) is 12.0 Å². The molecule has 2 amide bonds. The van der Waals surface area contributed by atoms with Crippen LogP contribution in [0.15, 0.2) is 72.8 Å². The summed E-state index contributed by atoms with van der Waals surface area (Å²) in [7, 11) is 0. The number of aryl methyl sites for hydroxylation is 1. The lowest BCUT2D eigenvalue weighted by molar-refractivity contribution is -0.119. The molecule has 0 saturated carbocycles. The van der Waals surface area contributed by atoms with Crippen molar-refractivity contribution in [3.63, 3.8) is 0 Å². The number of nitrogens with one attached hydrogen (secondary N) is 1. The number of nitrogens with zero attached hydrogens (tertiary/aromatic N) is 1. The van der Waals surface area contributed by atoms with E-state index in [4.69, 9.17) is 0 Å². The highest BCUT2D eigenvalue weighted by atomic mass is 16.2. The number of rotatable bonds is 3. The topological polar surface area (TPSA) is 49.4 Å². The Morgan fingerprint density at radius 3 is 2.43 bits per heavy atom. The van der Waals surface area contributed by atoms with Crippen LogP contribution in [-0.4, -0.2) is 23.3 Å². The van der Waals surface area contributed by atoms with E-state index in [9.17, 15) is 9.59 Å². The zero-order chi connectivity index (χ0) is 20.7. The van der Waals surface area contributed by atoms with Gasteiger partial charge in [0.25, 0.3) is 5.91 Å². The van der Waals surface area contributed by atoms with Gasteiger partial charge in [0, 0.05) is 17.8 Å². The second kappa shape index (κ2) is 7.45. The number of hydrogen-bond donors (Lipinski definition) is 1. The molecule has 150 valence electrons. The molecule has 3 aromatic rings. The third kappa shape index (κ3) is 3.00. The van der Waals surface area contributed by atoms with Gasteiger partial charge >= 0.3 is 0 Å². The molecule has 2 aliphatic rings. The molecule has 2 atom stereocenters. The molecule has 1 N–H and O–H groups in total. The first-order valence-corrected chi connectivity index (χ1v) is 10.5. The molecular weight excluding hydrogens is 372 g/mol. The predicted molar refractivity (Wildman–Crippen MR) is 118 cm³/mol. The molecule has 4 heteroatoms. The van der Waals surface area contributed by atoms with Crippen molar-refractivity contribution in [2.75, 3.05) is 11.9 Å². The van der Waals surface area contributed by atoms with Crippen molar-refractivity contribution in [3.05, 3.63) is 101 Å². The van der Waals surface area contributed by atoms with Crippen LogP contribution in [0.2, 0.25) is 0 Å². The Morgan fingerprint density at radius 1 is 0.967 bits per heavy atom. The van der Waals surface area contributed by atoms with Crippen LogP contribution in [0.4, 0.5) is 5.69 Å². The summed E-state index contributed by atoms with van der Waals surface area (Å²) in [5, 5.41) is 3.11. The number of hydrogen-bond acceptors (Lipinski definition) is 2. The van der Waals surface area contributed by atoms with E-state index >= 15 is 0 Å². The molecule has 0 spiro atoms. The lowest BCUT2D eigenvalue weighted by Gasteiger charge is -2.45. The first-order chi connectivity index (χ1) is 14.7. The molecule has 2 aliphatic heterocycles. The highest BCUT2D eigenvalue weighted by Crippen LogP contribution is 2.46. The summed E-state index contributed by atoms with van der Waals surface area (Å²) in [5.74, 6) is -0.515. The normalized spacial score (nSPS) is 19.5. The number of amides is 2. The van der Waals surface area contributed by atoms with Crippen LogP contribution in [0, 0.1) is 0 Å². The van der Waals surface area contributed by atoms with E-state index in [1.807, 2.05) is 65.6 Å². The molecule has 30 heavy (non-hydrogen) atoms. The summed E-state index contributed by atoms with van der Waals surface area (Å²) in [5.41, 5.74) is 5.75. The van der Waals surface area contributed by atoms with Gasteiger partial charge in [-0.2, -0.15) is 0 Å². The number of fused-ring (bicyclic) bond motifs is 4. The van der Waals surface area contributed by atoms with Gasteiger partial charge in [-0.05, 0) is 53.3 Å². The van der Waals surface area contributed by atoms with Gasteiger partial charge in [-0.1, -0.05) is 61.5 Å². The average Bonchev–Trinajstić information content (AvgIpc) is 2.79. The Kier molecular flexibility index (Phi) is 4.62. The van der Waals surface area contributed by atoms with E-state index in [2.05, 4.69) is 24.4 Å². The fourth-order valence-electron chi connectivity index (χ4n) is 4.80. The SMILES string of the molecule is CCc1ccc(NC(=O)[C@H]2c3ccccc3C(=O)N3CCc4ccccc4[C@H]23)cc1. The maximum Gasteiger partial charge on any atom is 0.254 e. The molecule has 0 aliphatic carbocycles. The van der Waals surface area contributed by atoms with Crippen molar-refractivity contribution in [1.82, 2.24) is 4.90 Å². The largest absolute Gasteiger partial charge is 0.330 e. The van der Waals surface area contributed by atoms with Crippen LogP contribution in [0.5, 0.6) is 0 Å². The number of carbonyl (C=O) groups excluding carboxylic acids is 2. The Hall–Kier alpha value is -3.40. The zero-order valence-electron chi connectivity index (χ0n) is 17.0. The molecule has 0 aromatic heterocycles. The Morgan fingerprint density at radius 2 is 1.67 bits per heavy atom. The lowest BCUT2D eigenvalue weighted by Crippen LogP contribution is -2.49. The first kappa shape index (κ1) is 18.6. The number of anilines is 1. The van der Waals surface area contributed by atoms with Crippen LogP contribution in [-0.2, 0) is 17.6 Å². The maximum absolute atomic E-state index is 13.6. The van der Waals surface area contributed by atoms with Gasteiger partial charge in [-0.25, -0.2) is 0 Å². The van der Waals surface area contributed by atoms with E-state index < -0.39 is 5.92 Å². The van der Waals surface area contributed by atoms with Crippen LogP contribution >= 0.6 is 0 Å². The lowest BCUT2D eigenvalue weighted by atomic mass is 9.76. The van der Waals surface area contributed by atoms with Crippen molar-refractivity contribution in [2.24, 2.45) is 0 Å². The summed E-state index contributed by atoms with van der Waals surface area (Å²) in [6.45, 7) is 2.74. The molecular formula is C26H24N2O2. The fraction of sp³-hybridized carbons (Fsp3) is 0.231. The molecule has 0 unspecified atom stereocenters. The second-order valence-electron chi connectivity index (χ2n) is 8.00. The van der Waals surface area contributed by atoms with Crippen molar-refractivity contribution >= 4 is 17.5 Å². The van der Waals surface area contributed by atoms with Crippen molar-refractivity contribution in [1.29, 1.82) is 0 Å². The summed E-state index contributed by atoms with van der Waals surface area (Å²) in [6, 6.07) is 23.4. The average molecular weight is 396 g/mol. The third-order valence-electron chi connectivity index (χ3n) is 6.35. The molecule has 0 fully saturated rings. The van der Waals surface area contributed by atoms with Gasteiger partial charge in [-0.3, -0.25) is 9.59 Å². The van der Waals surface area contributed by atoms with Gasteiger partial charge in [0.15, 0.2) is 0 Å². The van der Waals surface area contributed by atoms with Gasteiger partial charge in [0.2, 0.25) is 5.91 Å². The van der Waals surface area contributed by atoms with Crippen molar-refractivity contribution in [3.8, 4) is 0 Å². The van der Waals surface area contributed by atoms with Crippen LogP contribution in [0.1, 0.15) is 51.5 Å². The Labute approximate surface area is 176 Å². The first-order valence-electron chi connectivity index (χ1n) is 10.5. The van der Waals surface area contributed by atoms with E-state index in [1.54, 1.807) is 0 Å². The molecule has 4 nitrogen and oxygen atoms in total. The van der Waals surface area contributed by atoms with Gasteiger partial charge in [0.1, 0.15) is 0 Å². The van der Waals surface area contributed by atoms with Crippen LogP contribution in [0.25, 0.3) is 0 Å². The summed E-state index contributed by atoms with van der Waals surface area (Å²) < 4.78 is 0. The molecule has 0 radical (unpaired) electrons. The minimum absolute atomic E-state index is 0.0152. The third-order valence-corrected chi connectivity index (χ3v) is 6.35. The monoisotopic (exact) mass is 396 g/mol. The minimum atomic E-state index is -0.453. The second-order valence-corrected chi connectivity index (χ2v) is 8.00. The molecule has 3 aromatic carbocycles. The Bertz CT molecular complexity index is 1120. The van der Waals surface area contributed by atoms with Crippen molar-refractivity contribution in [2.45, 2.75) is 31.7 Å². The van der Waals surface area contributed by atoms with E-state index in [0.29, 0.717) is 12.1 Å². The fourth-order valence-corrected chi connectivity index (χ4v) is 4.80. The van der Waals surface area contributed by atoms with Gasteiger partial charge < -0.3 is 10.2 Å². The minimum Gasteiger partial charge on any atom is -0.330 e. The molecule has 5 rings (SSSR count). The highest BCUT2D eigenvalue weighted by Gasteiger charge is 2.46. The van der Waals surface area contributed by atoms with Crippen LogP contribution < -0.4 is 5.32 Å². The quantitative estimate of drug-likeness (QED) is 0.696. The molecule has 0 saturated heterocycles. The van der Waals surface area contributed by atoms with Crippen LogP contribution in [0.3, 0.4) is 0 Å². The van der Waals surface area contributed by atoms with E-state index in [1.165, 1.54) is 11.1 Å². The number of carbonyl (C=O) groups is 2. The number of benzene rings is 3. The van der Waals surface area contributed by atoms with E-state index in [-0.39, 0.29) is 17.9 Å². The summed E-state index contributed by atoms with van der Waals surface area (Å²) in [6.07, 6.45) is 1.77. The summed E-state index contributed by atoms with van der Waals surface area (Å²) in [4.78, 5) is 28.7. The summed E-state index contributed by atoms with van der Waals surface area (Å²) >= 11 is 0. The maximum atomic E-state index is 13.6. The smallest absolute Gasteiger partial charge is 0.254 e. The molecule has 2 heterocycles. The highest BCUT2D eigenvalue weighted by molar-refractivity contribution is 6.04. The van der Waals surface area contributed by atoms with E-state index in [0.717, 1.165) is 29.7 Å².